The predicted octanol–water partition coefficient (Wildman–Crippen LogP) is 14.9. The molecule has 1 aromatic heterocycles. The van der Waals surface area contributed by atoms with E-state index in [4.69, 9.17) is 0 Å². The molecule has 0 radical (unpaired) electrons. The Morgan fingerprint density at radius 3 is 1.73 bits per heavy atom. The van der Waals surface area contributed by atoms with Crippen LogP contribution in [0.15, 0.2) is 206 Å². The molecule has 10 aromatic rings. The van der Waals surface area contributed by atoms with Gasteiger partial charge in [0.15, 0.2) is 0 Å². The van der Waals surface area contributed by atoms with Crippen LogP contribution < -0.4 is 4.90 Å². The summed E-state index contributed by atoms with van der Waals surface area (Å²) in [4.78, 5) is 2.46. The van der Waals surface area contributed by atoms with Crippen LogP contribution in [0.2, 0.25) is 0 Å². The lowest BCUT2D eigenvalue weighted by molar-refractivity contribution is 0.660. The Morgan fingerprint density at radius 1 is 0.383 bits per heavy atom. The Hall–Kier alpha value is -7.42. The molecular formula is C58H40N2. The molecular weight excluding hydrogens is 725 g/mol. The fraction of sp³-hybridized carbons (Fsp3) is 0.0690. The van der Waals surface area contributed by atoms with Crippen LogP contribution in [0.4, 0.5) is 17.1 Å². The average molecular weight is 765 g/mol. The van der Waals surface area contributed by atoms with Gasteiger partial charge in [-0.2, -0.15) is 0 Å². The molecule has 2 heteroatoms. The monoisotopic (exact) mass is 764 g/mol. The molecule has 0 bridgehead atoms. The van der Waals surface area contributed by atoms with Crippen molar-refractivity contribution < 1.29 is 0 Å². The highest BCUT2D eigenvalue weighted by atomic mass is 15.1. The summed E-state index contributed by atoms with van der Waals surface area (Å²) in [6.45, 7) is 4.71. The molecule has 0 amide bonds. The second-order valence-electron chi connectivity index (χ2n) is 17.2. The Labute approximate surface area is 350 Å². The van der Waals surface area contributed by atoms with Crippen LogP contribution >= 0.6 is 0 Å². The second-order valence-corrected chi connectivity index (χ2v) is 17.2. The number of hydrogen-bond donors (Lipinski definition) is 0. The maximum atomic E-state index is 2.54. The lowest BCUT2D eigenvalue weighted by Gasteiger charge is -2.40. The Balaban J connectivity index is 1.09. The Kier molecular flexibility index (Phi) is 6.74. The zero-order valence-corrected chi connectivity index (χ0v) is 33.5. The molecule has 1 aliphatic heterocycles. The summed E-state index contributed by atoms with van der Waals surface area (Å²) in [6, 6.07) is 77.3. The van der Waals surface area contributed by atoms with Gasteiger partial charge in [-0.15, -0.1) is 0 Å². The van der Waals surface area contributed by atoms with E-state index in [1.807, 2.05) is 0 Å². The van der Waals surface area contributed by atoms with Crippen LogP contribution in [0.1, 0.15) is 47.2 Å². The third kappa shape index (κ3) is 4.22. The zero-order valence-electron chi connectivity index (χ0n) is 33.5. The highest BCUT2D eigenvalue weighted by Crippen LogP contribution is 2.61. The highest BCUT2D eigenvalue weighted by molar-refractivity contribution is 6.13. The van der Waals surface area contributed by atoms with Crippen molar-refractivity contribution in [3.8, 4) is 39.1 Å². The molecule has 1 spiro atoms. The van der Waals surface area contributed by atoms with E-state index in [1.165, 1.54) is 94.3 Å². The first-order valence-electron chi connectivity index (χ1n) is 21.1. The third-order valence-corrected chi connectivity index (χ3v) is 14.0. The lowest BCUT2D eigenvalue weighted by Crippen LogP contribution is -2.33. The number of para-hydroxylation sites is 4. The largest absolute Gasteiger partial charge is 0.310 e. The molecule has 2 heterocycles. The van der Waals surface area contributed by atoms with Gasteiger partial charge in [0.1, 0.15) is 0 Å². The van der Waals surface area contributed by atoms with Crippen molar-refractivity contribution >= 4 is 38.9 Å². The number of aromatic nitrogens is 1. The molecule has 2 nitrogen and oxygen atoms in total. The smallest absolute Gasteiger partial charge is 0.0754 e. The minimum absolute atomic E-state index is 0.0637. The van der Waals surface area contributed by atoms with Crippen molar-refractivity contribution in [1.82, 2.24) is 4.57 Å². The Bertz CT molecular complexity index is 3370. The van der Waals surface area contributed by atoms with E-state index in [1.54, 1.807) is 0 Å². The number of anilines is 3. The SMILES string of the molecule is CC1(C)c2ccccc2-c2cc(N(c3ccccc3)c3ccccc3-c3ccc4c(c3)C3(c5ccccc5-c5ccccc53)c3cccc5c6ccccc6n-4c35)ccc21. The first-order valence-corrected chi connectivity index (χ1v) is 21.1. The minimum atomic E-state index is -0.517. The summed E-state index contributed by atoms with van der Waals surface area (Å²) in [6.07, 6.45) is 0. The molecule has 0 atom stereocenters. The molecule has 0 unspecified atom stereocenters. The predicted molar refractivity (Wildman–Crippen MR) is 249 cm³/mol. The standard InChI is InChI=1S/C58H40N2/c1-57(2)47-25-11-6-22-43(47)46-36-39(32-33-48(46)57)59(38-17-4-3-5-18-38)53-29-14-9-19-40(53)37-31-34-55-52(35-37)58(49-26-12-7-20-41(49)42-21-8-13-27-50(42)58)51-28-16-24-45-44-23-10-15-30-54(44)60(55)56(45)51/h3-36H,1-2H3. The molecule has 3 aliphatic rings. The van der Waals surface area contributed by atoms with Gasteiger partial charge in [0.2, 0.25) is 0 Å². The van der Waals surface area contributed by atoms with Crippen molar-refractivity contribution in [2.45, 2.75) is 24.7 Å². The number of hydrogen-bond acceptors (Lipinski definition) is 1. The van der Waals surface area contributed by atoms with Gasteiger partial charge in [-0.1, -0.05) is 172 Å². The molecule has 2 aliphatic carbocycles. The van der Waals surface area contributed by atoms with Gasteiger partial charge < -0.3 is 9.47 Å². The minimum Gasteiger partial charge on any atom is -0.310 e. The molecule has 282 valence electrons. The summed E-state index contributed by atoms with van der Waals surface area (Å²) in [5.41, 5.74) is 22.3. The van der Waals surface area contributed by atoms with Crippen molar-refractivity contribution in [2.75, 3.05) is 4.90 Å². The van der Waals surface area contributed by atoms with Crippen LogP contribution in [-0.2, 0) is 10.8 Å². The molecule has 0 saturated heterocycles. The van der Waals surface area contributed by atoms with Gasteiger partial charge in [-0.3, -0.25) is 0 Å². The Morgan fingerprint density at radius 2 is 0.967 bits per heavy atom. The van der Waals surface area contributed by atoms with Crippen molar-refractivity contribution in [3.05, 3.63) is 240 Å². The second kappa shape index (κ2) is 12.1. The van der Waals surface area contributed by atoms with Crippen molar-refractivity contribution in [2.24, 2.45) is 0 Å². The van der Waals surface area contributed by atoms with E-state index in [2.05, 4.69) is 230 Å². The van der Waals surface area contributed by atoms with Gasteiger partial charge in [0, 0.05) is 33.1 Å². The van der Waals surface area contributed by atoms with Crippen LogP contribution in [0.3, 0.4) is 0 Å². The van der Waals surface area contributed by atoms with Gasteiger partial charge in [-0.25, -0.2) is 0 Å². The molecule has 0 N–H and O–H groups in total. The first kappa shape index (κ1) is 33.5. The highest BCUT2D eigenvalue weighted by Gasteiger charge is 2.51. The summed E-state index contributed by atoms with van der Waals surface area (Å²) < 4.78 is 2.54. The third-order valence-electron chi connectivity index (χ3n) is 14.0. The van der Waals surface area contributed by atoms with Crippen LogP contribution in [-0.4, -0.2) is 4.57 Å². The lowest BCUT2D eigenvalue weighted by atomic mass is 9.65. The van der Waals surface area contributed by atoms with E-state index < -0.39 is 5.41 Å². The van der Waals surface area contributed by atoms with Gasteiger partial charge >= 0.3 is 0 Å². The number of rotatable bonds is 4. The number of benzene rings is 9. The number of fused-ring (bicyclic) bond motifs is 15. The first-order chi connectivity index (χ1) is 29.5. The van der Waals surface area contributed by atoms with E-state index in [0.29, 0.717) is 0 Å². The zero-order chi connectivity index (χ0) is 39.7. The molecule has 0 fully saturated rings. The normalized spacial score (nSPS) is 14.4. The average Bonchev–Trinajstić information content (AvgIpc) is 3.88. The molecule has 13 rings (SSSR count). The fourth-order valence-corrected chi connectivity index (χ4v) is 11.5. The van der Waals surface area contributed by atoms with E-state index in [9.17, 15) is 0 Å². The van der Waals surface area contributed by atoms with E-state index in [-0.39, 0.29) is 5.41 Å². The summed E-state index contributed by atoms with van der Waals surface area (Å²) in [5.74, 6) is 0. The summed E-state index contributed by atoms with van der Waals surface area (Å²) in [5, 5.41) is 2.58. The molecule has 9 aromatic carbocycles. The van der Waals surface area contributed by atoms with Crippen LogP contribution in [0.5, 0.6) is 0 Å². The van der Waals surface area contributed by atoms with Gasteiger partial charge in [0.05, 0.1) is 27.8 Å². The topological polar surface area (TPSA) is 8.17 Å². The van der Waals surface area contributed by atoms with Gasteiger partial charge in [-0.05, 0) is 110 Å². The van der Waals surface area contributed by atoms with E-state index in [0.717, 1.165) is 17.1 Å². The number of nitrogens with zero attached hydrogens (tertiary/aromatic N) is 2. The maximum absolute atomic E-state index is 2.54. The van der Waals surface area contributed by atoms with Crippen molar-refractivity contribution in [3.63, 3.8) is 0 Å². The van der Waals surface area contributed by atoms with Crippen LogP contribution in [0, 0.1) is 0 Å². The van der Waals surface area contributed by atoms with Crippen molar-refractivity contribution in [1.29, 1.82) is 0 Å². The van der Waals surface area contributed by atoms with Crippen LogP contribution in [0.25, 0.3) is 60.9 Å². The maximum Gasteiger partial charge on any atom is 0.0754 e. The van der Waals surface area contributed by atoms with Gasteiger partial charge in [0.25, 0.3) is 0 Å². The summed E-state index contributed by atoms with van der Waals surface area (Å²) in [7, 11) is 0. The summed E-state index contributed by atoms with van der Waals surface area (Å²) >= 11 is 0. The quantitative estimate of drug-likeness (QED) is 0.173. The fourth-order valence-electron chi connectivity index (χ4n) is 11.5. The molecule has 0 saturated carbocycles. The van der Waals surface area contributed by atoms with E-state index >= 15 is 0 Å². The molecule has 60 heavy (non-hydrogen) atoms.